The van der Waals surface area contributed by atoms with Gasteiger partial charge in [-0.1, -0.05) is 27.2 Å². The summed E-state index contributed by atoms with van der Waals surface area (Å²) in [6.45, 7) is 9.17. The van der Waals surface area contributed by atoms with E-state index in [1.165, 1.54) is 0 Å². The first-order chi connectivity index (χ1) is 9.93. The lowest BCUT2D eigenvalue weighted by molar-refractivity contribution is -0.160. The van der Waals surface area contributed by atoms with Crippen molar-refractivity contribution in [2.24, 2.45) is 5.92 Å². The maximum atomic E-state index is 12.9. The minimum atomic E-state index is -0.757. The van der Waals surface area contributed by atoms with E-state index < -0.39 is 11.6 Å². The van der Waals surface area contributed by atoms with Crippen LogP contribution in [-0.2, 0) is 14.3 Å². The van der Waals surface area contributed by atoms with Crippen molar-refractivity contribution in [3.8, 4) is 0 Å². The quantitative estimate of drug-likeness (QED) is 0.840. The van der Waals surface area contributed by atoms with Crippen LogP contribution >= 0.6 is 0 Å². The molecule has 0 aromatic carbocycles. The molecule has 5 nitrogen and oxygen atoms in total. The van der Waals surface area contributed by atoms with Crippen LogP contribution in [0.25, 0.3) is 0 Å². The van der Waals surface area contributed by atoms with Crippen LogP contribution in [0.2, 0.25) is 0 Å². The van der Waals surface area contributed by atoms with Gasteiger partial charge in [-0.3, -0.25) is 9.59 Å². The first kappa shape index (κ1) is 16.3. The molecule has 2 saturated heterocycles. The lowest BCUT2D eigenvalue weighted by atomic mass is 9.86. The minimum absolute atomic E-state index is 0.0344. The van der Waals surface area contributed by atoms with Gasteiger partial charge in [0, 0.05) is 13.2 Å². The molecule has 2 fully saturated rings. The van der Waals surface area contributed by atoms with Crippen molar-refractivity contribution < 1.29 is 14.3 Å². The largest absolute Gasteiger partial charge is 0.376 e. The second-order valence-corrected chi connectivity index (χ2v) is 6.55. The number of hydrogen-bond donors (Lipinski definition) is 1. The average molecular weight is 296 g/mol. The Morgan fingerprint density at radius 1 is 1.43 bits per heavy atom. The lowest BCUT2D eigenvalue weighted by Crippen LogP contribution is -2.71. The Morgan fingerprint density at radius 2 is 2.14 bits per heavy atom. The van der Waals surface area contributed by atoms with Gasteiger partial charge in [0.15, 0.2) is 0 Å². The molecule has 21 heavy (non-hydrogen) atoms. The number of hydrogen-bond acceptors (Lipinski definition) is 3. The number of ether oxygens (including phenoxy) is 1. The zero-order valence-corrected chi connectivity index (χ0v) is 13.6. The molecule has 5 heteroatoms. The molecule has 2 amide bonds. The van der Waals surface area contributed by atoms with E-state index in [0.29, 0.717) is 13.0 Å². The zero-order valence-electron chi connectivity index (χ0n) is 13.6. The molecule has 2 heterocycles. The number of nitrogens with zero attached hydrogens (tertiary/aromatic N) is 1. The Balaban J connectivity index is 2.23. The van der Waals surface area contributed by atoms with E-state index >= 15 is 0 Å². The van der Waals surface area contributed by atoms with Crippen molar-refractivity contribution >= 4 is 11.8 Å². The number of nitrogens with one attached hydrogen (secondary N) is 1. The summed E-state index contributed by atoms with van der Waals surface area (Å²) in [7, 11) is 0. The van der Waals surface area contributed by atoms with E-state index in [1.54, 1.807) is 4.90 Å². The van der Waals surface area contributed by atoms with Gasteiger partial charge in [0.2, 0.25) is 11.8 Å². The van der Waals surface area contributed by atoms with Crippen molar-refractivity contribution in [1.29, 1.82) is 0 Å². The molecule has 2 rings (SSSR count). The van der Waals surface area contributed by atoms with Crippen LogP contribution in [0.15, 0.2) is 0 Å². The molecule has 0 radical (unpaired) electrons. The van der Waals surface area contributed by atoms with Gasteiger partial charge in [0.05, 0.1) is 6.10 Å². The molecule has 4 atom stereocenters. The van der Waals surface area contributed by atoms with Crippen molar-refractivity contribution in [3.05, 3.63) is 0 Å². The monoisotopic (exact) mass is 296 g/mol. The number of amides is 2. The van der Waals surface area contributed by atoms with Gasteiger partial charge in [-0.25, -0.2) is 0 Å². The number of rotatable bonds is 5. The first-order valence-electron chi connectivity index (χ1n) is 8.18. The number of carbonyl (C=O) groups is 2. The number of piperazine rings is 1. The fourth-order valence-electron chi connectivity index (χ4n) is 3.15. The van der Waals surface area contributed by atoms with Crippen LogP contribution in [0, 0.1) is 5.92 Å². The molecule has 1 N–H and O–H groups in total. The van der Waals surface area contributed by atoms with Gasteiger partial charge in [-0.2, -0.15) is 0 Å². The van der Waals surface area contributed by atoms with E-state index in [0.717, 1.165) is 25.9 Å². The molecule has 4 unspecified atom stereocenters. The van der Waals surface area contributed by atoms with Gasteiger partial charge in [-0.15, -0.1) is 0 Å². The van der Waals surface area contributed by atoms with Gasteiger partial charge in [0.25, 0.3) is 0 Å². The molecular formula is C16H28N2O3. The summed E-state index contributed by atoms with van der Waals surface area (Å²) in [5, 5.41) is 2.94. The summed E-state index contributed by atoms with van der Waals surface area (Å²) in [6, 6.07) is -0.400. The molecule has 0 spiro atoms. The van der Waals surface area contributed by atoms with Gasteiger partial charge in [0.1, 0.15) is 11.6 Å². The van der Waals surface area contributed by atoms with E-state index in [9.17, 15) is 9.59 Å². The summed E-state index contributed by atoms with van der Waals surface area (Å²) in [5.74, 6) is 0.159. The summed E-state index contributed by atoms with van der Waals surface area (Å²) in [6.07, 6.45) is 3.57. The Hall–Kier alpha value is -1.10. The summed E-state index contributed by atoms with van der Waals surface area (Å²) >= 11 is 0. The fourth-order valence-corrected chi connectivity index (χ4v) is 3.15. The minimum Gasteiger partial charge on any atom is -0.376 e. The second-order valence-electron chi connectivity index (χ2n) is 6.55. The van der Waals surface area contributed by atoms with Crippen LogP contribution in [0.3, 0.4) is 0 Å². The molecule has 0 bridgehead atoms. The highest BCUT2D eigenvalue weighted by Gasteiger charge is 2.49. The number of carbonyl (C=O) groups excluding carboxylic acids is 2. The van der Waals surface area contributed by atoms with Crippen molar-refractivity contribution in [2.75, 3.05) is 13.2 Å². The third kappa shape index (κ3) is 2.93. The van der Waals surface area contributed by atoms with E-state index in [-0.39, 0.29) is 23.8 Å². The molecule has 0 aromatic rings. The normalized spacial score (nSPS) is 35.0. The Kier molecular flexibility index (Phi) is 4.91. The van der Waals surface area contributed by atoms with Crippen LogP contribution in [-0.4, -0.2) is 47.6 Å². The molecule has 0 saturated carbocycles. The molecule has 120 valence electrons. The van der Waals surface area contributed by atoms with Crippen molar-refractivity contribution in [2.45, 2.75) is 71.1 Å². The summed E-state index contributed by atoms with van der Waals surface area (Å²) < 4.78 is 5.67. The predicted octanol–water partition coefficient (Wildman–Crippen LogP) is 1.71. The van der Waals surface area contributed by atoms with Crippen molar-refractivity contribution in [3.63, 3.8) is 0 Å². The van der Waals surface area contributed by atoms with Crippen LogP contribution < -0.4 is 5.32 Å². The maximum absolute atomic E-state index is 12.9. The predicted molar refractivity (Wildman–Crippen MR) is 80.8 cm³/mol. The standard InChI is InChI=1S/C16H28N2O3/c1-5-11(3)13-14(19)18(10-12-8-7-9-21-12)16(4,6-2)15(20)17-13/h11-13H,5-10H2,1-4H3,(H,17,20). The van der Waals surface area contributed by atoms with Crippen molar-refractivity contribution in [1.82, 2.24) is 10.2 Å². The first-order valence-corrected chi connectivity index (χ1v) is 8.18. The highest BCUT2D eigenvalue weighted by molar-refractivity contribution is 5.99. The lowest BCUT2D eigenvalue weighted by Gasteiger charge is -2.47. The Morgan fingerprint density at radius 3 is 2.67 bits per heavy atom. The van der Waals surface area contributed by atoms with E-state index in [4.69, 9.17) is 4.74 Å². The van der Waals surface area contributed by atoms with Gasteiger partial charge in [-0.05, 0) is 32.1 Å². The third-order valence-electron chi connectivity index (χ3n) is 5.22. The van der Waals surface area contributed by atoms with Gasteiger partial charge < -0.3 is 15.0 Å². The SMILES string of the molecule is CCC(C)C1NC(=O)C(C)(CC)N(CC2CCCO2)C1=O. The molecule has 0 aliphatic carbocycles. The van der Waals surface area contributed by atoms with E-state index in [2.05, 4.69) is 5.32 Å². The Labute approximate surface area is 127 Å². The average Bonchev–Trinajstić information content (AvgIpc) is 2.99. The molecule has 2 aliphatic heterocycles. The van der Waals surface area contributed by atoms with E-state index in [1.807, 2.05) is 27.7 Å². The molecule has 2 aliphatic rings. The summed E-state index contributed by atoms with van der Waals surface area (Å²) in [5.41, 5.74) is -0.757. The van der Waals surface area contributed by atoms with Crippen LogP contribution in [0.4, 0.5) is 0 Å². The fraction of sp³-hybridized carbons (Fsp3) is 0.875. The Bertz CT molecular complexity index is 406. The maximum Gasteiger partial charge on any atom is 0.246 e. The second kappa shape index (κ2) is 6.34. The highest BCUT2D eigenvalue weighted by atomic mass is 16.5. The highest BCUT2D eigenvalue weighted by Crippen LogP contribution is 2.29. The third-order valence-corrected chi connectivity index (χ3v) is 5.22. The topological polar surface area (TPSA) is 58.6 Å². The van der Waals surface area contributed by atoms with Gasteiger partial charge >= 0.3 is 0 Å². The molecule has 0 aromatic heterocycles. The van der Waals surface area contributed by atoms with Crippen LogP contribution in [0.5, 0.6) is 0 Å². The molecular weight excluding hydrogens is 268 g/mol. The smallest absolute Gasteiger partial charge is 0.246 e. The zero-order chi connectivity index (χ0) is 15.6. The summed E-state index contributed by atoms with van der Waals surface area (Å²) in [4.78, 5) is 27.2. The van der Waals surface area contributed by atoms with Crippen LogP contribution in [0.1, 0.15) is 53.4 Å².